The molecule has 4 heteroatoms. The fourth-order valence-corrected chi connectivity index (χ4v) is 4.30. The fourth-order valence-electron chi connectivity index (χ4n) is 4.30. The van der Waals surface area contributed by atoms with Crippen LogP contribution in [0.2, 0.25) is 0 Å². The minimum absolute atomic E-state index is 0.299. The zero-order valence-corrected chi connectivity index (χ0v) is 17.7. The molecule has 0 fully saturated rings. The normalized spacial score (nSPS) is 13.8. The van der Waals surface area contributed by atoms with Gasteiger partial charge in [0, 0.05) is 19.0 Å². The van der Waals surface area contributed by atoms with Crippen LogP contribution in [0.1, 0.15) is 11.1 Å². The molecule has 1 heterocycles. The number of nitrogens with zero attached hydrogens (tertiary/aromatic N) is 2. The lowest BCUT2D eigenvalue weighted by molar-refractivity contribution is -0.120. The zero-order chi connectivity index (χ0) is 22.1. The second-order valence-electron chi connectivity index (χ2n) is 7.88. The van der Waals surface area contributed by atoms with Crippen LogP contribution >= 0.6 is 0 Å². The van der Waals surface area contributed by atoms with E-state index in [2.05, 4.69) is 0 Å². The Bertz CT molecular complexity index is 1340. The van der Waals surface area contributed by atoms with E-state index in [0.29, 0.717) is 23.5 Å². The Morgan fingerprint density at radius 3 is 2.06 bits per heavy atom. The summed E-state index contributed by atoms with van der Waals surface area (Å²) in [5.41, 5.74) is 3.26. The summed E-state index contributed by atoms with van der Waals surface area (Å²) in [5.74, 6) is -0.601. The third kappa shape index (κ3) is 3.36. The minimum Gasteiger partial charge on any atom is -0.365 e. The first-order chi connectivity index (χ1) is 15.6. The van der Waals surface area contributed by atoms with Crippen LogP contribution in [0.5, 0.6) is 0 Å². The van der Waals surface area contributed by atoms with Crippen molar-refractivity contribution >= 4 is 33.8 Å². The van der Waals surface area contributed by atoms with Crippen LogP contribution in [0.4, 0.5) is 5.69 Å². The standard InChI is InChI=1S/C28H22N2O2/c1-29(19-20-11-4-2-5-12-20)26-25(22-14-6-3-7-15-22)27(31)30(28(26)32)24-18-10-16-21-13-8-9-17-23(21)24/h2-18H,19H2,1H3. The number of benzene rings is 4. The number of rotatable bonds is 5. The quantitative estimate of drug-likeness (QED) is 0.415. The molecule has 4 aromatic rings. The highest BCUT2D eigenvalue weighted by Crippen LogP contribution is 2.37. The predicted molar refractivity (Wildman–Crippen MR) is 128 cm³/mol. The summed E-state index contributed by atoms with van der Waals surface area (Å²) in [7, 11) is 1.86. The lowest BCUT2D eigenvalue weighted by atomic mass is 10.0. The second kappa shape index (κ2) is 8.16. The predicted octanol–water partition coefficient (Wildman–Crippen LogP) is 5.26. The van der Waals surface area contributed by atoms with E-state index < -0.39 is 0 Å². The molecule has 156 valence electrons. The molecule has 0 spiro atoms. The van der Waals surface area contributed by atoms with Gasteiger partial charge in [-0.3, -0.25) is 9.59 Å². The summed E-state index contributed by atoms with van der Waals surface area (Å²) in [4.78, 5) is 30.7. The Morgan fingerprint density at radius 2 is 1.31 bits per heavy atom. The molecule has 0 aromatic heterocycles. The Kier molecular flexibility index (Phi) is 5.04. The smallest absolute Gasteiger partial charge is 0.282 e. The van der Waals surface area contributed by atoms with E-state index in [0.717, 1.165) is 21.9 Å². The van der Waals surface area contributed by atoms with Crippen molar-refractivity contribution in [2.45, 2.75) is 6.54 Å². The van der Waals surface area contributed by atoms with Crippen molar-refractivity contribution in [3.8, 4) is 0 Å². The van der Waals surface area contributed by atoms with E-state index in [1.54, 1.807) is 0 Å². The molecule has 0 N–H and O–H groups in total. The van der Waals surface area contributed by atoms with E-state index in [4.69, 9.17) is 0 Å². The first kappa shape index (κ1) is 19.8. The van der Waals surface area contributed by atoms with Crippen LogP contribution in [-0.2, 0) is 16.1 Å². The molecule has 0 aliphatic carbocycles. The summed E-state index contributed by atoms with van der Waals surface area (Å²) in [6, 6.07) is 32.9. The van der Waals surface area contributed by atoms with Gasteiger partial charge in [-0.1, -0.05) is 97.1 Å². The van der Waals surface area contributed by atoms with Gasteiger partial charge in [-0.2, -0.15) is 0 Å². The van der Waals surface area contributed by atoms with Crippen LogP contribution in [0, 0.1) is 0 Å². The van der Waals surface area contributed by atoms with Crippen molar-refractivity contribution < 1.29 is 9.59 Å². The van der Waals surface area contributed by atoms with Crippen LogP contribution in [0.3, 0.4) is 0 Å². The molecule has 0 radical (unpaired) electrons. The van der Waals surface area contributed by atoms with Gasteiger partial charge >= 0.3 is 0 Å². The van der Waals surface area contributed by atoms with Crippen LogP contribution in [0.25, 0.3) is 16.3 Å². The SMILES string of the molecule is CN(Cc1ccccc1)C1=C(c2ccccc2)C(=O)N(c2cccc3ccccc23)C1=O. The molecule has 0 bridgehead atoms. The number of anilines is 1. The Morgan fingerprint density at radius 1 is 0.688 bits per heavy atom. The van der Waals surface area contributed by atoms with Crippen molar-refractivity contribution in [2.24, 2.45) is 0 Å². The number of likely N-dealkylation sites (N-methyl/N-ethyl adjacent to an activating group) is 1. The number of carbonyl (C=O) groups is 2. The summed E-state index contributed by atoms with van der Waals surface area (Å²) in [6.07, 6.45) is 0. The maximum atomic E-state index is 13.8. The summed E-state index contributed by atoms with van der Waals surface area (Å²) in [6.45, 7) is 0.523. The van der Waals surface area contributed by atoms with E-state index in [1.807, 2.05) is 115 Å². The summed E-state index contributed by atoms with van der Waals surface area (Å²) in [5, 5.41) is 1.86. The van der Waals surface area contributed by atoms with E-state index in [1.165, 1.54) is 4.90 Å². The van der Waals surface area contributed by atoms with E-state index >= 15 is 0 Å². The molecule has 5 rings (SSSR count). The highest BCUT2D eigenvalue weighted by molar-refractivity contribution is 6.46. The fraction of sp³-hybridized carbons (Fsp3) is 0.0714. The second-order valence-corrected chi connectivity index (χ2v) is 7.88. The highest BCUT2D eigenvalue weighted by Gasteiger charge is 2.42. The molecular formula is C28H22N2O2. The number of imide groups is 1. The van der Waals surface area contributed by atoms with Crippen LogP contribution in [-0.4, -0.2) is 23.8 Å². The largest absolute Gasteiger partial charge is 0.365 e. The number of amides is 2. The average Bonchev–Trinajstić information content (AvgIpc) is 3.10. The molecule has 0 atom stereocenters. The topological polar surface area (TPSA) is 40.6 Å². The third-order valence-electron chi connectivity index (χ3n) is 5.77. The van der Waals surface area contributed by atoms with Crippen LogP contribution < -0.4 is 4.90 Å². The van der Waals surface area contributed by atoms with Crippen molar-refractivity contribution in [3.05, 3.63) is 120 Å². The summed E-state index contributed by atoms with van der Waals surface area (Å²) < 4.78 is 0. The molecule has 1 aliphatic heterocycles. The van der Waals surface area contributed by atoms with Gasteiger partial charge in [-0.05, 0) is 22.6 Å². The number of carbonyl (C=O) groups excluding carboxylic acids is 2. The average molecular weight is 418 g/mol. The van der Waals surface area contributed by atoms with E-state index in [-0.39, 0.29) is 11.8 Å². The molecule has 0 saturated heterocycles. The summed E-state index contributed by atoms with van der Waals surface area (Å²) >= 11 is 0. The first-order valence-corrected chi connectivity index (χ1v) is 10.6. The monoisotopic (exact) mass is 418 g/mol. The van der Waals surface area contributed by atoms with Crippen molar-refractivity contribution in [3.63, 3.8) is 0 Å². The van der Waals surface area contributed by atoms with Gasteiger partial charge < -0.3 is 4.90 Å². The molecular weight excluding hydrogens is 396 g/mol. The van der Waals surface area contributed by atoms with Crippen molar-refractivity contribution in [2.75, 3.05) is 11.9 Å². The Hall–Kier alpha value is -4.18. The van der Waals surface area contributed by atoms with Crippen LogP contribution in [0.15, 0.2) is 109 Å². The molecule has 1 aliphatic rings. The highest BCUT2D eigenvalue weighted by atomic mass is 16.2. The first-order valence-electron chi connectivity index (χ1n) is 10.6. The Balaban J connectivity index is 1.64. The van der Waals surface area contributed by atoms with Gasteiger partial charge in [0.15, 0.2) is 0 Å². The number of hydrogen-bond acceptors (Lipinski definition) is 3. The zero-order valence-electron chi connectivity index (χ0n) is 17.7. The molecule has 0 unspecified atom stereocenters. The lowest BCUT2D eigenvalue weighted by Crippen LogP contribution is -2.34. The number of fused-ring (bicyclic) bond motifs is 1. The number of hydrogen-bond donors (Lipinski definition) is 0. The van der Waals surface area contributed by atoms with E-state index in [9.17, 15) is 9.59 Å². The molecule has 32 heavy (non-hydrogen) atoms. The van der Waals surface area contributed by atoms with Crippen molar-refractivity contribution in [1.29, 1.82) is 0 Å². The molecule has 4 aromatic carbocycles. The van der Waals surface area contributed by atoms with Gasteiger partial charge in [-0.15, -0.1) is 0 Å². The van der Waals surface area contributed by atoms with Gasteiger partial charge in [0.25, 0.3) is 11.8 Å². The van der Waals surface area contributed by atoms with Gasteiger partial charge in [0.05, 0.1) is 11.3 Å². The maximum Gasteiger partial charge on any atom is 0.282 e. The maximum absolute atomic E-state index is 13.8. The molecule has 0 saturated carbocycles. The van der Waals surface area contributed by atoms with Gasteiger partial charge in [-0.25, -0.2) is 4.90 Å². The minimum atomic E-state index is -0.302. The molecule has 2 amide bonds. The van der Waals surface area contributed by atoms with Gasteiger partial charge in [0.2, 0.25) is 0 Å². The van der Waals surface area contributed by atoms with Crippen molar-refractivity contribution in [1.82, 2.24) is 4.90 Å². The Labute approximate surface area is 187 Å². The lowest BCUT2D eigenvalue weighted by Gasteiger charge is -2.22. The van der Waals surface area contributed by atoms with Gasteiger partial charge in [0.1, 0.15) is 5.70 Å². The third-order valence-corrected chi connectivity index (χ3v) is 5.77. The molecule has 4 nitrogen and oxygen atoms in total.